The van der Waals surface area contributed by atoms with Crippen molar-refractivity contribution >= 4 is 28.2 Å². The molecule has 1 aliphatic rings. The van der Waals surface area contributed by atoms with Crippen molar-refractivity contribution in [2.45, 2.75) is 13.5 Å². The van der Waals surface area contributed by atoms with Gasteiger partial charge in [0.05, 0.1) is 29.4 Å². The summed E-state index contributed by atoms with van der Waals surface area (Å²) in [6, 6.07) is 8.34. The number of benzene rings is 2. The highest BCUT2D eigenvalue weighted by Crippen LogP contribution is 2.28. The third kappa shape index (κ3) is 3.07. The van der Waals surface area contributed by atoms with Crippen molar-refractivity contribution in [1.82, 2.24) is 14.8 Å². The molecule has 0 bridgehead atoms. The molecule has 5 rings (SSSR count). The van der Waals surface area contributed by atoms with Crippen molar-refractivity contribution in [3.63, 3.8) is 0 Å². The second-order valence-corrected chi connectivity index (χ2v) is 7.43. The van der Waals surface area contributed by atoms with Gasteiger partial charge in [0.1, 0.15) is 17.2 Å². The number of carbonyl (C=O) groups excluding carboxylic acids is 1. The first kappa shape index (κ1) is 19.0. The molecule has 2 aromatic heterocycles. The number of rotatable bonds is 3. The van der Waals surface area contributed by atoms with Crippen LogP contribution in [0.1, 0.15) is 32.6 Å². The quantitative estimate of drug-likeness (QED) is 0.544. The van der Waals surface area contributed by atoms with Crippen LogP contribution in [0, 0.1) is 18.6 Å². The fourth-order valence-corrected chi connectivity index (χ4v) is 3.85. The second kappa shape index (κ2) is 7.09. The van der Waals surface area contributed by atoms with Gasteiger partial charge in [-0.2, -0.15) is 5.10 Å². The molecule has 3 heterocycles. The van der Waals surface area contributed by atoms with Crippen LogP contribution in [0.2, 0.25) is 0 Å². The Bertz CT molecular complexity index is 1410. The SMILES string of the molecule is Cc1cnccc1C1=NCc2ccc(NC(=O)c3c(F)cc4c(cnn4C)c3F)cc21. The molecule has 6 nitrogen and oxygen atoms in total. The Balaban J connectivity index is 1.49. The fourth-order valence-electron chi connectivity index (χ4n) is 3.85. The zero-order valence-corrected chi connectivity index (χ0v) is 16.8. The number of carbonyl (C=O) groups is 1. The van der Waals surface area contributed by atoms with Gasteiger partial charge in [0.2, 0.25) is 0 Å². The molecule has 0 radical (unpaired) electrons. The van der Waals surface area contributed by atoms with Crippen molar-refractivity contribution in [2.75, 3.05) is 5.32 Å². The molecule has 8 heteroatoms. The Morgan fingerprint density at radius 3 is 2.77 bits per heavy atom. The molecule has 4 aromatic rings. The van der Waals surface area contributed by atoms with Crippen LogP contribution in [0.15, 0.2) is 53.9 Å². The topological polar surface area (TPSA) is 72.2 Å². The first-order valence-corrected chi connectivity index (χ1v) is 9.64. The van der Waals surface area contributed by atoms with E-state index in [4.69, 9.17) is 0 Å². The first-order chi connectivity index (χ1) is 14.9. The maximum Gasteiger partial charge on any atom is 0.261 e. The van der Waals surface area contributed by atoms with Crippen molar-refractivity contribution < 1.29 is 13.6 Å². The second-order valence-electron chi connectivity index (χ2n) is 7.43. The molecule has 0 unspecified atom stereocenters. The zero-order chi connectivity index (χ0) is 21.7. The lowest BCUT2D eigenvalue weighted by Crippen LogP contribution is -2.16. The Hall–Kier alpha value is -3.94. The molecule has 0 saturated carbocycles. The van der Waals surface area contributed by atoms with Gasteiger partial charge < -0.3 is 5.32 Å². The number of halogens is 2. The third-order valence-corrected chi connectivity index (χ3v) is 5.48. The van der Waals surface area contributed by atoms with Gasteiger partial charge in [0.15, 0.2) is 0 Å². The van der Waals surface area contributed by atoms with Crippen LogP contribution in [0.5, 0.6) is 0 Å². The number of fused-ring (bicyclic) bond motifs is 2. The van der Waals surface area contributed by atoms with E-state index in [0.29, 0.717) is 12.2 Å². The van der Waals surface area contributed by atoms with E-state index in [1.807, 2.05) is 19.1 Å². The lowest BCUT2D eigenvalue weighted by atomic mass is 9.97. The molecule has 0 spiro atoms. The molecule has 0 atom stereocenters. The molecule has 2 aromatic carbocycles. The maximum atomic E-state index is 14.9. The Labute approximate surface area is 176 Å². The number of anilines is 1. The minimum absolute atomic E-state index is 0.0885. The van der Waals surface area contributed by atoms with Gasteiger partial charge in [0, 0.05) is 42.3 Å². The summed E-state index contributed by atoms with van der Waals surface area (Å²) in [5, 5.41) is 6.63. The number of pyridine rings is 1. The number of hydrogen-bond donors (Lipinski definition) is 1. The molecule has 31 heavy (non-hydrogen) atoms. The fraction of sp³-hybridized carbons (Fsp3) is 0.130. The van der Waals surface area contributed by atoms with E-state index in [1.54, 1.807) is 31.6 Å². The lowest BCUT2D eigenvalue weighted by molar-refractivity contribution is 0.101. The summed E-state index contributed by atoms with van der Waals surface area (Å²) in [6.45, 7) is 2.48. The number of aliphatic imine (C=N–C) groups is 1. The first-order valence-electron chi connectivity index (χ1n) is 9.64. The minimum atomic E-state index is -0.943. The van der Waals surface area contributed by atoms with Crippen LogP contribution in [-0.4, -0.2) is 26.4 Å². The van der Waals surface area contributed by atoms with Crippen molar-refractivity contribution in [3.05, 3.63) is 88.4 Å². The average molecular weight is 417 g/mol. The largest absolute Gasteiger partial charge is 0.322 e. The Morgan fingerprint density at radius 1 is 1.13 bits per heavy atom. The molecule has 1 aliphatic heterocycles. The highest BCUT2D eigenvalue weighted by Gasteiger charge is 2.24. The summed E-state index contributed by atoms with van der Waals surface area (Å²) < 4.78 is 30.8. The normalized spacial score (nSPS) is 12.7. The summed E-state index contributed by atoms with van der Waals surface area (Å²) in [6.07, 6.45) is 4.74. The van der Waals surface area contributed by atoms with Gasteiger partial charge in [0.25, 0.3) is 5.91 Å². The number of nitrogens with zero attached hydrogens (tertiary/aromatic N) is 4. The summed E-state index contributed by atoms with van der Waals surface area (Å²) in [4.78, 5) is 21.5. The minimum Gasteiger partial charge on any atom is -0.322 e. The Kier molecular flexibility index (Phi) is 4.35. The molecule has 154 valence electrons. The van der Waals surface area contributed by atoms with Crippen molar-refractivity contribution in [2.24, 2.45) is 12.0 Å². The zero-order valence-electron chi connectivity index (χ0n) is 16.8. The summed E-state index contributed by atoms with van der Waals surface area (Å²) in [5.41, 5.74) is 4.69. The number of nitrogens with one attached hydrogen (secondary N) is 1. The average Bonchev–Trinajstić information content (AvgIpc) is 3.32. The molecule has 0 fully saturated rings. The summed E-state index contributed by atoms with van der Waals surface area (Å²) in [5.74, 6) is -2.74. The number of hydrogen-bond acceptors (Lipinski definition) is 4. The number of aromatic nitrogens is 3. The van der Waals surface area contributed by atoms with Crippen molar-refractivity contribution in [3.8, 4) is 0 Å². The smallest absolute Gasteiger partial charge is 0.261 e. The van der Waals surface area contributed by atoms with E-state index in [1.165, 1.54) is 10.9 Å². The maximum absolute atomic E-state index is 14.9. The number of amides is 1. The Morgan fingerprint density at radius 2 is 1.97 bits per heavy atom. The van der Waals surface area contributed by atoms with E-state index in [0.717, 1.165) is 34.0 Å². The van der Waals surface area contributed by atoms with Crippen LogP contribution in [-0.2, 0) is 13.6 Å². The van der Waals surface area contributed by atoms with Gasteiger partial charge in [-0.25, -0.2) is 8.78 Å². The van der Waals surface area contributed by atoms with Crippen LogP contribution >= 0.6 is 0 Å². The van der Waals surface area contributed by atoms with Crippen LogP contribution in [0.4, 0.5) is 14.5 Å². The van der Waals surface area contributed by atoms with E-state index >= 15 is 0 Å². The third-order valence-electron chi connectivity index (χ3n) is 5.48. The highest BCUT2D eigenvalue weighted by atomic mass is 19.1. The molecule has 1 N–H and O–H groups in total. The van der Waals surface area contributed by atoms with Gasteiger partial charge in [-0.15, -0.1) is 0 Å². The van der Waals surface area contributed by atoms with E-state index in [-0.39, 0.29) is 10.9 Å². The van der Waals surface area contributed by atoms with Crippen LogP contribution in [0.3, 0.4) is 0 Å². The van der Waals surface area contributed by atoms with Crippen LogP contribution < -0.4 is 5.32 Å². The predicted molar refractivity (Wildman–Crippen MR) is 113 cm³/mol. The highest BCUT2D eigenvalue weighted by molar-refractivity contribution is 6.16. The van der Waals surface area contributed by atoms with Gasteiger partial charge >= 0.3 is 0 Å². The van der Waals surface area contributed by atoms with E-state index in [9.17, 15) is 13.6 Å². The summed E-state index contributed by atoms with van der Waals surface area (Å²) in [7, 11) is 1.58. The molecule has 1 amide bonds. The van der Waals surface area contributed by atoms with E-state index < -0.39 is 23.1 Å². The van der Waals surface area contributed by atoms with Gasteiger partial charge in [-0.1, -0.05) is 6.07 Å². The van der Waals surface area contributed by atoms with Crippen LogP contribution in [0.25, 0.3) is 10.9 Å². The lowest BCUT2D eigenvalue weighted by Gasteiger charge is -2.11. The molecule has 0 aliphatic carbocycles. The standard InChI is InChI=1S/C23H17F2N5O/c1-12-9-26-6-5-15(12)22-16-7-14(4-3-13(16)10-27-22)29-23(31)20-18(24)8-19-17(21(20)25)11-28-30(19)2/h3-9,11H,10H2,1-2H3,(H,29,31). The van der Waals surface area contributed by atoms with E-state index in [2.05, 4.69) is 20.4 Å². The van der Waals surface area contributed by atoms with Crippen molar-refractivity contribution in [1.29, 1.82) is 0 Å². The van der Waals surface area contributed by atoms with Gasteiger partial charge in [-0.05, 0) is 36.2 Å². The predicted octanol–water partition coefficient (Wildman–Crippen LogP) is 4.16. The van der Waals surface area contributed by atoms with Gasteiger partial charge in [-0.3, -0.25) is 19.5 Å². The molecular weight excluding hydrogens is 400 g/mol. The summed E-state index contributed by atoms with van der Waals surface area (Å²) >= 11 is 0. The molecular formula is C23H17F2N5O. The monoisotopic (exact) mass is 417 g/mol. The number of aryl methyl sites for hydroxylation is 2. The molecule has 0 saturated heterocycles.